The number of alkyl halides is 3. The van der Waals surface area contributed by atoms with E-state index in [9.17, 15) is 18.0 Å². The number of H-pyrrole nitrogens is 2. The number of carbonyl (C=O) groups excluding carboxylic acids is 1. The molecular weight excluding hydrogens is 383 g/mol. The molecule has 4 rings (SSSR count). The normalized spacial score (nSPS) is 11.8. The zero-order valence-corrected chi connectivity index (χ0v) is 15.5. The van der Waals surface area contributed by atoms with E-state index in [0.717, 1.165) is 17.3 Å². The van der Waals surface area contributed by atoms with Crippen molar-refractivity contribution < 1.29 is 18.0 Å². The summed E-state index contributed by atoms with van der Waals surface area (Å²) in [7, 11) is 0. The summed E-state index contributed by atoms with van der Waals surface area (Å²) in [5.41, 5.74) is 2.25. The lowest BCUT2D eigenvalue weighted by molar-refractivity contribution is -0.137. The van der Waals surface area contributed by atoms with Crippen LogP contribution in [-0.4, -0.2) is 26.1 Å². The maximum atomic E-state index is 13.3. The lowest BCUT2D eigenvalue weighted by atomic mass is 10.0. The molecule has 4 aromatic rings. The molecular formula is C20H16F3N5O. The van der Waals surface area contributed by atoms with Crippen LogP contribution in [0, 0.1) is 13.8 Å². The second-order valence-electron chi connectivity index (χ2n) is 6.65. The number of aromatic nitrogens is 4. The van der Waals surface area contributed by atoms with Crippen molar-refractivity contribution >= 4 is 22.6 Å². The molecule has 3 N–H and O–H groups in total. The highest BCUT2D eigenvalue weighted by atomic mass is 19.4. The van der Waals surface area contributed by atoms with E-state index in [1.807, 2.05) is 0 Å². The fourth-order valence-electron chi connectivity index (χ4n) is 3.10. The fourth-order valence-corrected chi connectivity index (χ4v) is 3.10. The van der Waals surface area contributed by atoms with Gasteiger partial charge in [-0.2, -0.15) is 18.3 Å². The van der Waals surface area contributed by atoms with E-state index in [1.165, 1.54) is 18.3 Å². The number of halogens is 3. The zero-order valence-electron chi connectivity index (χ0n) is 15.5. The summed E-state index contributed by atoms with van der Waals surface area (Å²) in [6.07, 6.45) is -3.03. The molecule has 0 saturated carbocycles. The molecule has 1 amide bonds. The minimum absolute atomic E-state index is 0.0344. The first-order valence-electron chi connectivity index (χ1n) is 8.72. The van der Waals surface area contributed by atoms with Crippen molar-refractivity contribution in [3.63, 3.8) is 0 Å². The van der Waals surface area contributed by atoms with E-state index in [0.29, 0.717) is 28.1 Å². The van der Waals surface area contributed by atoms with Crippen LogP contribution in [0.15, 0.2) is 42.6 Å². The predicted octanol–water partition coefficient (Wildman–Crippen LogP) is 4.84. The Balaban J connectivity index is 1.67. The number of anilines is 1. The molecule has 148 valence electrons. The average molecular weight is 399 g/mol. The molecule has 0 aliphatic carbocycles. The van der Waals surface area contributed by atoms with Crippen LogP contribution in [0.4, 0.5) is 18.9 Å². The fraction of sp³-hybridized carbons (Fsp3) is 0.150. The Labute approximate surface area is 163 Å². The monoisotopic (exact) mass is 399 g/mol. The number of aromatic amines is 2. The number of hydrogen-bond donors (Lipinski definition) is 3. The molecule has 3 heterocycles. The minimum atomic E-state index is -4.47. The van der Waals surface area contributed by atoms with Crippen LogP contribution < -0.4 is 5.32 Å². The van der Waals surface area contributed by atoms with Crippen molar-refractivity contribution in [1.82, 2.24) is 20.2 Å². The Morgan fingerprint density at radius 1 is 1.14 bits per heavy atom. The number of carbonyl (C=O) groups is 1. The summed E-state index contributed by atoms with van der Waals surface area (Å²) in [6.45, 7) is 3.57. The maximum absolute atomic E-state index is 13.3. The first-order valence-corrected chi connectivity index (χ1v) is 8.72. The van der Waals surface area contributed by atoms with Crippen molar-refractivity contribution in [3.8, 4) is 11.3 Å². The number of hydrogen-bond acceptors (Lipinski definition) is 3. The van der Waals surface area contributed by atoms with Gasteiger partial charge in [-0.3, -0.25) is 9.89 Å². The van der Waals surface area contributed by atoms with Crippen LogP contribution in [0.5, 0.6) is 0 Å². The molecule has 0 fully saturated rings. The largest absolute Gasteiger partial charge is 0.417 e. The molecule has 0 aliphatic heterocycles. The molecule has 0 bridgehead atoms. The Morgan fingerprint density at radius 2 is 1.90 bits per heavy atom. The standard InChI is InChI=1S/C20H16F3N5O/c1-10-11(2)27-28-17(10)19(29)25-13-7-12-8-16(26-18(12)24-9-13)14-5-3-4-6-15(14)20(21,22)23/h3-9H,1-2H3,(H,24,26)(H,25,29)(H,27,28). The molecule has 1 aromatic carbocycles. The Morgan fingerprint density at radius 3 is 2.59 bits per heavy atom. The number of nitrogens with zero attached hydrogens (tertiary/aromatic N) is 2. The quantitative estimate of drug-likeness (QED) is 0.461. The number of fused-ring (bicyclic) bond motifs is 1. The van der Waals surface area contributed by atoms with E-state index >= 15 is 0 Å². The maximum Gasteiger partial charge on any atom is 0.417 e. The predicted molar refractivity (Wildman–Crippen MR) is 103 cm³/mol. The van der Waals surface area contributed by atoms with Crippen molar-refractivity contribution in [2.24, 2.45) is 0 Å². The van der Waals surface area contributed by atoms with Gasteiger partial charge in [0.1, 0.15) is 11.3 Å². The summed E-state index contributed by atoms with van der Waals surface area (Å²) in [5.74, 6) is -0.373. The Hall–Kier alpha value is -3.62. The summed E-state index contributed by atoms with van der Waals surface area (Å²) in [6, 6.07) is 8.56. The lowest BCUT2D eigenvalue weighted by Crippen LogP contribution is -2.13. The van der Waals surface area contributed by atoms with Gasteiger partial charge < -0.3 is 10.3 Å². The molecule has 0 radical (unpaired) electrons. The second kappa shape index (κ2) is 6.77. The first-order chi connectivity index (χ1) is 13.7. The van der Waals surface area contributed by atoms with Gasteiger partial charge in [0.2, 0.25) is 0 Å². The molecule has 0 atom stereocenters. The van der Waals surface area contributed by atoms with Crippen LogP contribution in [-0.2, 0) is 6.18 Å². The van der Waals surface area contributed by atoms with Gasteiger partial charge in [-0.05, 0) is 32.0 Å². The van der Waals surface area contributed by atoms with Gasteiger partial charge in [-0.1, -0.05) is 18.2 Å². The van der Waals surface area contributed by atoms with E-state index < -0.39 is 11.7 Å². The van der Waals surface area contributed by atoms with Crippen molar-refractivity contribution in [3.05, 3.63) is 65.1 Å². The molecule has 29 heavy (non-hydrogen) atoms. The van der Waals surface area contributed by atoms with Gasteiger partial charge >= 0.3 is 6.18 Å². The van der Waals surface area contributed by atoms with Crippen molar-refractivity contribution in [2.75, 3.05) is 5.32 Å². The van der Waals surface area contributed by atoms with E-state index in [-0.39, 0.29) is 11.5 Å². The van der Waals surface area contributed by atoms with Gasteiger partial charge in [0, 0.05) is 22.2 Å². The number of pyridine rings is 1. The van der Waals surface area contributed by atoms with Crippen molar-refractivity contribution in [2.45, 2.75) is 20.0 Å². The smallest absolute Gasteiger partial charge is 0.339 e. The van der Waals surface area contributed by atoms with Crippen LogP contribution in [0.3, 0.4) is 0 Å². The zero-order chi connectivity index (χ0) is 20.8. The summed E-state index contributed by atoms with van der Waals surface area (Å²) in [4.78, 5) is 19.5. The number of nitrogens with one attached hydrogen (secondary N) is 3. The van der Waals surface area contributed by atoms with Gasteiger partial charge in [0.15, 0.2) is 0 Å². The highest BCUT2D eigenvalue weighted by Crippen LogP contribution is 2.37. The van der Waals surface area contributed by atoms with Crippen LogP contribution >= 0.6 is 0 Å². The topological polar surface area (TPSA) is 86.5 Å². The van der Waals surface area contributed by atoms with E-state index in [2.05, 4.69) is 25.5 Å². The van der Waals surface area contributed by atoms with E-state index in [1.54, 1.807) is 32.0 Å². The van der Waals surface area contributed by atoms with Crippen LogP contribution in [0.25, 0.3) is 22.3 Å². The third-order valence-corrected chi connectivity index (χ3v) is 4.73. The number of aryl methyl sites for hydroxylation is 1. The van der Waals surface area contributed by atoms with Gasteiger partial charge in [-0.15, -0.1) is 0 Å². The first kappa shape index (κ1) is 18.7. The molecule has 0 spiro atoms. The molecule has 9 heteroatoms. The third kappa shape index (κ3) is 3.46. The lowest BCUT2D eigenvalue weighted by Gasteiger charge is -2.11. The second-order valence-corrected chi connectivity index (χ2v) is 6.65. The molecule has 0 saturated heterocycles. The SMILES string of the molecule is Cc1n[nH]c(C(=O)Nc2cnc3[nH]c(-c4ccccc4C(F)(F)F)cc3c2)c1C. The highest BCUT2D eigenvalue weighted by Gasteiger charge is 2.33. The number of amides is 1. The molecule has 0 unspecified atom stereocenters. The number of benzene rings is 1. The van der Waals surface area contributed by atoms with Crippen LogP contribution in [0.2, 0.25) is 0 Å². The van der Waals surface area contributed by atoms with Crippen LogP contribution in [0.1, 0.15) is 27.3 Å². The van der Waals surface area contributed by atoms with E-state index in [4.69, 9.17) is 0 Å². The Kier molecular flexibility index (Phi) is 4.37. The summed E-state index contributed by atoms with van der Waals surface area (Å²) in [5, 5.41) is 9.98. The molecule has 3 aromatic heterocycles. The summed E-state index contributed by atoms with van der Waals surface area (Å²) >= 11 is 0. The molecule has 0 aliphatic rings. The highest BCUT2D eigenvalue weighted by molar-refractivity contribution is 6.04. The van der Waals surface area contributed by atoms with Crippen molar-refractivity contribution in [1.29, 1.82) is 0 Å². The average Bonchev–Trinajstić information content (AvgIpc) is 3.24. The Bertz CT molecular complexity index is 1220. The third-order valence-electron chi connectivity index (χ3n) is 4.73. The van der Waals surface area contributed by atoms with Gasteiger partial charge in [0.05, 0.1) is 23.1 Å². The minimum Gasteiger partial charge on any atom is -0.339 e. The van der Waals surface area contributed by atoms with Gasteiger partial charge in [-0.25, -0.2) is 4.98 Å². The summed E-state index contributed by atoms with van der Waals surface area (Å²) < 4.78 is 39.9. The molecule has 6 nitrogen and oxygen atoms in total. The number of rotatable bonds is 3. The van der Waals surface area contributed by atoms with Gasteiger partial charge in [0.25, 0.3) is 5.91 Å².